The van der Waals surface area contributed by atoms with Gasteiger partial charge >= 0.3 is 17.9 Å². The fraction of sp³-hybridized carbons (Fsp3) is 0.167. The minimum Gasteiger partial charge on any atom is -0.493 e. The average Bonchev–Trinajstić information content (AvgIpc) is 4.06. The van der Waals surface area contributed by atoms with Gasteiger partial charge in [-0.1, -0.05) is 30.3 Å². The topological polar surface area (TPSA) is 186 Å². The molecule has 6 heterocycles. The van der Waals surface area contributed by atoms with Crippen LogP contribution in [0.25, 0.3) is 21.9 Å². The van der Waals surface area contributed by atoms with Crippen LogP contribution in [0.5, 0.6) is 5.75 Å². The normalized spacial score (nSPS) is 11.5. The largest absolute Gasteiger partial charge is 0.493 e. The quantitative estimate of drug-likeness (QED) is 0.107. The monoisotopic (exact) mass is 803 g/mol. The lowest BCUT2D eigenvalue weighted by Gasteiger charge is -2.07. The van der Waals surface area contributed by atoms with Crippen molar-refractivity contribution in [1.82, 2.24) is 15.0 Å². The molecule has 12 nitrogen and oxygen atoms in total. The third-order valence-electron chi connectivity index (χ3n) is 10.2. The third kappa shape index (κ3) is 10.3. The Morgan fingerprint density at radius 3 is 1.55 bits per heavy atom. The zero-order chi connectivity index (χ0) is 41.8. The van der Waals surface area contributed by atoms with Crippen molar-refractivity contribution in [1.29, 1.82) is 0 Å². The summed E-state index contributed by atoms with van der Waals surface area (Å²) in [5, 5.41) is 29.5. The maximum atomic E-state index is 11.1. The van der Waals surface area contributed by atoms with E-state index in [4.69, 9.17) is 28.9 Å². The lowest BCUT2D eigenvalue weighted by molar-refractivity contribution is 0.0684. The number of pyridine rings is 3. The van der Waals surface area contributed by atoms with Gasteiger partial charge < -0.3 is 28.9 Å². The number of carboxylic acids is 3. The number of furan rings is 2. The van der Waals surface area contributed by atoms with Crippen LogP contribution in [0.15, 0.2) is 143 Å². The van der Waals surface area contributed by atoms with Crippen molar-refractivity contribution in [2.24, 2.45) is 0 Å². The molecule has 1 aliphatic heterocycles. The van der Waals surface area contributed by atoms with E-state index in [9.17, 15) is 14.4 Å². The van der Waals surface area contributed by atoms with Crippen molar-refractivity contribution in [2.75, 3.05) is 6.61 Å². The highest BCUT2D eigenvalue weighted by Crippen LogP contribution is 2.27. The molecule has 0 spiro atoms. The molecule has 9 rings (SSSR count). The summed E-state index contributed by atoms with van der Waals surface area (Å²) in [6.07, 6.45) is 18.0. The van der Waals surface area contributed by atoms with Gasteiger partial charge in [-0.2, -0.15) is 0 Å². The smallest absolute Gasteiger partial charge is 0.336 e. The molecule has 0 saturated carbocycles. The molecule has 5 aromatic heterocycles. The van der Waals surface area contributed by atoms with Crippen molar-refractivity contribution in [3.63, 3.8) is 0 Å². The van der Waals surface area contributed by atoms with E-state index in [2.05, 4.69) is 39.2 Å². The molecule has 0 saturated heterocycles. The SMILES string of the molecule is O=C(O)c1ccncc1CCc1ccc2c(c1)OCC2.O=C(O)c1ccncc1CCc1ccc2ccoc2c1.O=C(O)c1ccncc1CCc1ccc2occc2c1. The summed E-state index contributed by atoms with van der Waals surface area (Å²) in [5.74, 6) is -1.76. The van der Waals surface area contributed by atoms with E-state index >= 15 is 0 Å². The highest BCUT2D eigenvalue weighted by molar-refractivity contribution is 5.90. The van der Waals surface area contributed by atoms with Crippen LogP contribution in [-0.2, 0) is 44.9 Å². The summed E-state index contributed by atoms with van der Waals surface area (Å²) in [5.41, 5.74) is 9.64. The van der Waals surface area contributed by atoms with Gasteiger partial charge in [-0.15, -0.1) is 0 Å². The van der Waals surface area contributed by atoms with Gasteiger partial charge in [0, 0.05) is 54.4 Å². The Kier molecular flexibility index (Phi) is 13.0. The lowest BCUT2D eigenvalue weighted by Crippen LogP contribution is -2.04. The van der Waals surface area contributed by atoms with Gasteiger partial charge in [0.2, 0.25) is 0 Å². The molecule has 3 aromatic carbocycles. The number of hydrogen-bond acceptors (Lipinski definition) is 9. The van der Waals surface area contributed by atoms with Crippen molar-refractivity contribution < 1.29 is 43.3 Å². The molecule has 12 heteroatoms. The van der Waals surface area contributed by atoms with Crippen LogP contribution in [0.3, 0.4) is 0 Å². The number of ether oxygens (including phenoxy) is 1. The molecule has 8 aromatic rings. The van der Waals surface area contributed by atoms with Crippen molar-refractivity contribution in [2.45, 2.75) is 44.9 Å². The number of carboxylic acid groups (broad SMARTS) is 3. The average molecular weight is 804 g/mol. The molecule has 1 aliphatic rings. The first kappa shape index (κ1) is 40.6. The number of hydrogen-bond donors (Lipinski definition) is 3. The molecule has 0 amide bonds. The fourth-order valence-corrected chi connectivity index (χ4v) is 7.03. The molecule has 60 heavy (non-hydrogen) atoms. The van der Waals surface area contributed by atoms with Crippen LogP contribution in [0.4, 0.5) is 0 Å². The lowest BCUT2D eigenvalue weighted by atomic mass is 10.0. The van der Waals surface area contributed by atoms with E-state index in [0.717, 1.165) is 93.4 Å². The fourth-order valence-electron chi connectivity index (χ4n) is 7.03. The Hall–Kier alpha value is -7.60. The van der Waals surface area contributed by atoms with Crippen LogP contribution >= 0.6 is 0 Å². The number of nitrogens with zero attached hydrogens (tertiary/aromatic N) is 3. The summed E-state index contributed by atoms with van der Waals surface area (Å²) < 4.78 is 16.2. The molecular formula is C48H41N3O9. The predicted octanol–water partition coefficient (Wildman–Crippen LogP) is 9.12. The van der Waals surface area contributed by atoms with E-state index in [1.54, 1.807) is 37.2 Å². The van der Waals surface area contributed by atoms with Gasteiger partial charge in [-0.3, -0.25) is 15.0 Å². The molecule has 0 radical (unpaired) electrons. The summed E-state index contributed by atoms with van der Waals surface area (Å²) in [6, 6.07) is 26.7. The Bertz CT molecular complexity index is 2640. The van der Waals surface area contributed by atoms with E-state index < -0.39 is 17.9 Å². The molecular weight excluding hydrogens is 763 g/mol. The van der Waals surface area contributed by atoms with Gasteiger partial charge in [0.1, 0.15) is 16.9 Å². The van der Waals surface area contributed by atoms with Crippen LogP contribution in [0, 0.1) is 0 Å². The second-order valence-electron chi connectivity index (χ2n) is 14.1. The second kappa shape index (κ2) is 19.2. The Balaban J connectivity index is 0.000000136. The Labute approximate surface area is 344 Å². The van der Waals surface area contributed by atoms with Crippen molar-refractivity contribution >= 4 is 39.8 Å². The molecule has 0 fully saturated rings. The summed E-state index contributed by atoms with van der Waals surface area (Å²) in [7, 11) is 0. The zero-order valence-corrected chi connectivity index (χ0v) is 32.5. The van der Waals surface area contributed by atoms with Gasteiger partial charge in [0.05, 0.1) is 35.8 Å². The number of aromatic carboxylic acids is 3. The van der Waals surface area contributed by atoms with Crippen molar-refractivity contribution in [3.8, 4) is 5.75 Å². The van der Waals surface area contributed by atoms with E-state index in [0.29, 0.717) is 36.0 Å². The van der Waals surface area contributed by atoms with Gasteiger partial charge in [0.25, 0.3) is 0 Å². The molecule has 0 bridgehead atoms. The number of carbonyl (C=O) groups is 3. The highest BCUT2D eigenvalue weighted by Gasteiger charge is 2.14. The molecule has 0 atom stereocenters. The standard InChI is InChI=1S/C16H13NO3.C16H15NO3.C16H13NO3/c18-16(19)14-5-7-17-10-13(14)3-1-11-2-4-15-12(9-11)6-8-20-15;2*18-16(19)14-5-7-17-10-13(14)4-2-11-1-3-12-6-8-20-15(12)9-11/h2,4-10H,1,3H2,(H,18,19);1,3,5,7,9-10H,2,4,6,8H2,(H,18,19);1,3,5-10H,2,4H2,(H,18,19). The minimum absolute atomic E-state index is 0.319. The van der Waals surface area contributed by atoms with Crippen LogP contribution in [0.1, 0.15) is 70.0 Å². The van der Waals surface area contributed by atoms with E-state index in [-0.39, 0.29) is 0 Å². The van der Waals surface area contributed by atoms with Gasteiger partial charge in [-0.25, -0.2) is 14.4 Å². The summed E-state index contributed by atoms with van der Waals surface area (Å²) in [4.78, 5) is 45.4. The number of aromatic nitrogens is 3. The number of benzene rings is 3. The van der Waals surface area contributed by atoms with Crippen LogP contribution in [0.2, 0.25) is 0 Å². The number of aryl methyl sites for hydroxylation is 6. The van der Waals surface area contributed by atoms with Crippen molar-refractivity contribution in [3.05, 3.63) is 190 Å². The van der Waals surface area contributed by atoms with Crippen LogP contribution < -0.4 is 4.74 Å². The Morgan fingerprint density at radius 2 is 0.983 bits per heavy atom. The Morgan fingerprint density at radius 1 is 0.500 bits per heavy atom. The first-order valence-corrected chi connectivity index (χ1v) is 19.4. The first-order valence-electron chi connectivity index (χ1n) is 19.4. The third-order valence-corrected chi connectivity index (χ3v) is 10.2. The predicted molar refractivity (Wildman–Crippen MR) is 224 cm³/mol. The summed E-state index contributed by atoms with van der Waals surface area (Å²) >= 11 is 0. The maximum absolute atomic E-state index is 11.1. The highest BCUT2D eigenvalue weighted by atomic mass is 16.5. The second-order valence-corrected chi connectivity index (χ2v) is 14.1. The van der Waals surface area contributed by atoms with Crippen LogP contribution in [-0.4, -0.2) is 54.8 Å². The first-order chi connectivity index (χ1) is 29.2. The van der Waals surface area contributed by atoms with E-state index in [1.165, 1.54) is 36.3 Å². The molecule has 0 unspecified atom stereocenters. The zero-order valence-electron chi connectivity index (χ0n) is 32.5. The van der Waals surface area contributed by atoms with Gasteiger partial charge in [0.15, 0.2) is 0 Å². The number of fused-ring (bicyclic) bond motifs is 3. The molecule has 3 N–H and O–H groups in total. The van der Waals surface area contributed by atoms with E-state index in [1.807, 2.05) is 42.5 Å². The molecule has 302 valence electrons. The molecule has 0 aliphatic carbocycles. The minimum atomic E-state index is -0.913. The number of rotatable bonds is 12. The van der Waals surface area contributed by atoms with Gasteiger partial charge in [-0.05, 0) is 132 Å². The summed E-state index contributed by atoms with van der Waals surface area (Å²) in [6.45, 7) is 0.755. The maximum Gasteiger partial charge on any atom is 0.336 e.